The van der Waals surface area contributed by atoms with Crippen molar-refractivity contribution in [3.8, 4) is 0 Å². The third-order valence-corrected chi connectivity index (χ3v) is 4.65. The van der Waals surface area contributed by atoms with Gasteiger partial charge in [0.2, 0.25) is 5.91 Å². The second-order valence-electron chi connectivity index (χ2n) is 7.71. The molecule has 0 fully saturated rings. The van der Waals surface area contributed by atoms with Crippen molar-refractivity contribution in [2.24, 2.45) is 0 Å². The van der Waals surface area contributed by atoms with Gasteiger partial charge in [0, 0.05) is 24.2 Å². The lowest BCUT2D eigenvalue weighted by Crippen LogP contribution is -2.47. The van der Waals surface area contributed by atoms with Gasteiger partial charge in [-0.25, -0.2) is 9.18 Å². The SMILES string of the molecule is C=C/C=C\C1=C(C)N(C(=O)OC(C)(C)C)[C@H](C(=O)NCc2cccc(Cl)c2F)C1. The minimum Gasteiger partial charge on any atom is -0.443 e. The first-order chi connectivity index (χ1) is 13.5. The molecule has 1 atom stereocenters. The van der Waals surface area contributed by atoms with E-state index in [9.17, 15) is 14.0 Å². The normalized spacial score (nSPS) is 17.0. The van der Waals surface area contributed by atoms with Crippen LogP contribution in [0.3, 0.4) is 0 Å². The molecule has 1 aliphatic rings. The molecule has 0 unspecified atom stereocenters. The Morgan fingerprint density at radius 3 is 2.72 bits per heavy atom. The van der Waals surface area contributed by atoms with Gasteiger partial charge >= 0.3 is 6.09 Å². The Bertz CT molecular complexity index is 871. The van der Waals surface area contributed by atoms with E-state index in [1.165, 1.54) is 11.0 Å². The number of amides is 2. The van der Waals surface area contributed by atoms with Crippen molar-refractivity contribution in [2.75, 3.05) is 0 Å². The summed E-state index contributed by atoms with van der Waals surface area (Å²) in [6.07, 6.45) is 4.88. The Morgan fingerprint density at radius 2 is 2.10 bits per heavy atom. The number of benzene rings is 1. The minimum atomic E-state index is -0.795. The van der Waals surface area contributed by atoms with E-state index < -0.39 is 29.5 Å². The summed E-state index contributed by atoms with van der Waals surface area (Å²) < 4.78 is 19.6. The van der Waals surface area contributed by atoms with Gasteiger partial charge in [0.05, 0.1) is 5.02 Å². The molecule has 0 spiro atoms. The molecular formula is C22H26ClFN2O3. The third kappa shape index (κ3) is 5.70. The number of carbonyl (C=O) groups is 2. The van der Waals surface area contributed by atoms with Crippen LogP contribution in [0.1, 0.15) is 39.7 Å². The van der Waals surface area contributed by atoms with Gasteiger partial charge in [-0.05, 0) is 39.3 Å². The molecule has 1 N–H and O–H groups in total. The molecule has 1 heterocycles. The van der Waals surface area contributed by atoms with Gasteiger partial charge < -0.3 is 10.1 Å². The van der Waals surface area contributed by atoms with Crippen molar-refractivity contribution in [2.45, 2.75) is 52.3 Å². The molecule has 1 aliphatic heterocycles. The van der Waals surface area contributed by atoms with Crippen LogP contribution < -0.4 is 5.32 Å². The highest BCUT2D eigenvalue weighted by Gasteiger charge is 2.39. The topological polar surface area (TPSA) is 58.6 Å². The molecule has 0 saturated heterocycles. The number of hydrogen-bond acceptors (Lipinski definition) is 3. The molecule has 0 aromatic heterocycles. The maximum absolute atomic E-state index is 14.1. The molecule has 0 saturated carbocycles. The molecule has 5 nitrogen and oxygen atoms in total. The lowest BCUT2D eigenvalue weighted by atomic mass is 10.1. The number of nitrogens with zero attached hydrogens (tertiary/aromatic N) is 1. The van der Waals surface area contributed by atoms with Crippen LogP contribution in [-0.2, 0) is 16.1 Å². The number of allylic oxidation sites excluding steroid dienone is 4. The standard InChI is InChI=1S/C22H26ClFN2O3/c1-6-7-9-15-12-18(26(14(15)2)21(28)29-22(3,4)5)20(27)25-13-16-10-8-11-17(23)19(16)24/h6-11,18H,1,12-13H2,2-5H3,(H,25,27)/b9-7-/t18-/m0/s1. The summed E-state index contributed by atoms with van der Waals surface area (Å²) in [6.45, 7) is 10.6. The molecule has 1 aromatic carbocycles. The van der Waals surface area contributed by atoms with Crippen LogP contribution in [0.25, 0.3) is 0 Å². The molecule has 2 rings (SSSR count). The lowest BCUT2D eigenvalue weighted by molar-refractivity contribution is -0.125. The number of ether oxygens (including phenoxy) is 1. The zero-order valence-electron chi connectivity index (χ0n) is 17.1. The van der Waals surface area contributed by atoms with Crippen LogP contribution in [0.2, 0.25) is 5.02 Å². The van der Waals surface area contributed by atoms with E-state index in [2.05, 4.69) is 11.9 Å². The summed E-state index contributed by atoms with van der Waals surface area (Å²) in [7, 11) is 0. The van der Waals surface area contributed by atoms with Crippen LogP contribution in [-0.4, -0.2) is 28.5 Å². The highest BCUT2D eigenvalue weighted by atomic mass is 35.5. The van der Waals surface area contributed by atoms with E-state index in [1.54, 1.807) is 52.0 Å². The van der Waals surface area contributed by atoms with E-state index in [0.717, 1.165) is 5.57 Å². The summed E-state index contributed by atoms with van der Waals surface area (Å²) >= 11 is 5.79. The molecular weight excluding hydrogens is 395 g/mol. The Kier molecular flexibility index (Phi) is 7.25. The van der Waals surface area contributed by atoms with E-state index in [0.29, 0.717) is 12.1 Å². The molecule has 29 heavy (non-hydrogen) atoms. The molecule has 156 valence electrons. The molecule has 0 radical (unpaired) electrons. The number of nitrogens with one attached hydrogen (secondary N) is 1. The molecule has 0 bridgehead atoms. The number of rotatable bonds is 5. The fourth-order valence-electron chi connectivity index (χ4n) is 2.98. The Hall–Kier alpha value is -2.60. The zero-order chi connectivity index (χ0) is 21.8. The van der Waals surface area contributed by atoms with Crippen molar-refractivity contribution in [1.29, 1.82) is 0 Å². The summed E-state index contributed by atoms with van der Waals surface area (Å²) in [6, 6.07) is 3.80. The van der Waals surface area contributed by atoms with E-state index in [1.807, 2.05) is 6.08 Å². The second kappa shape index (κ2) is 9.27. The second-order valence-corrected chi connectivity index (χ2v) is 8.11. The predicted molar refractivity (Wildman–Crippen MR) is 112 cm³/mol. The van der Waals surface area contributed by atoms with Crippen molar-refractivity contribution in [1.82, 2.24) is 10.2 Å². The summed E-state index contributed by atoms with van der Waals surface area (Å²) in [5, 5.41) is 2.68. The quantitative estimate of drug-likeness (QED) is 0.672. The maximum atomic E-state index is 14.1. The first-order valence-electron chi connectivity index (χ1n) is 9.27. The van der Waals surface area contributed by atoms with Gasteiger partial charge in [-0.1, -0.05) is 48.5 Å². The molecule has 2 amide bonds. The number of carbonyl (C=O) groups excluding carboxylic acids is 2. The third-order valence-electron chi connectivity index (χ3n) is 4.36. The highest BCUT2D eigenvalue weighted by molar-refractivity contribution is 6.30. The fraction of sp³-hybridized carbons (Fsp3) is 0.364. The Morgan fingerprint density at radius 1 is 1.41 bits per heavy atom. The van der Waals surface area contributed by atoms with Crippen LogP contribution in [0.4, 0.5) is 9.18 Å². The monoisotopic (exact) mass is 420 g/mol. The zero-order valence-corrected chi connectivity index (χ0v) is 17.8. The van der Waals surface area contributed by atoms with Gasteiger partial charge in [0.25, 0.3) is 0 Å². The fourth-order valence-corrected chi connectivity index (χ4v) is 3.17. The number of hydrogen-bond donors (Lipinski definition) is 1. The van der Waals surface area contributed by atoms with Gasteiger partial charge in [-0.3, -0.25) is 9.69 Å². The molecule has 0 aliphatic carbocycles. The van der Waals surface area contributed by atoms with Crippen LogP contribution in [0, 0.1) is 5.82 Å². The van der Waals surface area contributed by atoms with Gasteiger partial charge in [-0.15, -0.1) is 0 Å². The van der Waals surface area contributed by atoms with Gasteiger partial charge in [0.1, 0.15) is 17.5 Å². The average molecular weight is 421 g/mol. The van der Waals surface area contributed by atoms with Crippen molar-refractivity contribution < 1.29 is 18.7 Å². The molecule has 1 aromatic rings. The van der Waals surface area contributed by atoms with Crippen LogP contribution in [0.5, 0.6) is 0 Å². The van der Waals surface area contributed by atoms with E-state index in [4.69, 9.17) is 16.3 Å². The summed E-state index contributed by atoms with van der Waals surface area (Å²) in [5.74, 6) is -0.981. The molecule has 7 heteroatoms. The van der Waals surface area contributed by atoms with Gasteiger partial charge in [-0.2, -0.15) is 0 Å². The highest BCUT2D eigenvalue weighted by Crippen LogP contribution is 2.31. The summed E-state index contributed by atoms with van der Waals surface area (Å²) in [5.41, 5.74) is 1.02. The van der Waals surface area contributed by atoms with Gasteiger partial charge in [0.15, 0.2) is 0 Å². The van der Waals surface area contributed by atoms with Crippen LogP contribution >= 0.6 is 11.6 Å². The Balaban J connectivity index is 2.22. The van der Waals surface area contributed by atoms with Crippen LogP contribution in [0.15, 0.2) is 54.3 Å². The van der Waals surface area contributed by atoms with Crippen molar-refractivity contribution in [3.63, 3.8) is 0 Å². The maximum Gasteiger partial charge on any atom is 0.415 e. The predicted octanol–water partition coefficient (Wildman–Crippen LogP) is 5.12. The van der Waals surface area contributed by atoms with Crippen molar-refractivity contribution in [3.05, 3.63) is 70.7 Å². The van der Waals surface area contributed by atoms with E-state index >= 15 is 0 Å². The first-order valence-corrected chi connectivity index (χ1v) is 9.64. The first kappa shape index (κ1) is 22.7. The smallest absolute Gasteiger partial charge is 0.415 e. The Labute approximate surface area is 175 Å². The average Bonchev–Trinajstić information content (AvgIpc) is 2.96. The number of halogens is 2. The lowest BCUT2D eigenvalue weighted by Gasteiger charge is -2.29. The van der Waals surface area contributed by atoms with E-state index in [-0.39, 0.29) is 17.1 Å². The largest absolute Gasteiger partial charge is 0.443 e. The summed E-state index contributed by atoms with van der Waals surface area (Å²) in [4.78, 5) is 27.0. The minimum absolute atomic E-state index is 0.0117. The van der Waals surface area contributed by atoms with Crippen molar-refractivity contribution >= 4 is 23.6 Å².